The van der Waals surface area contributed by atoms with Crippen molar-refractivity contribution in [3.8, 4) is 0 Å². The number of ether oxygens (including phenoxy) is 3. The molecule has 0 aromatic heterocycles. The first kappa shape index (κ1) is 25.9. The predicted octanol–water partition coefficient (Wildman–Crippen LogP) is 4.40. The molecule has 0 unspecified atom stereocenters. The Morgan fingerprint density at radius 1 is 0.909 bits per heavy atom. The molecule has 1 aliphatic heterocycles. The summed E-state index contributed by atoms with van der Waals surface area (Å²) in [5, 5.41) is 3.12. The first-order chi connectivity index (χ1) is 15.5. The maximum atomic E-state index is 12.8. The molecule has 0 fully saturated rings. The average molecular weight is 456 g/mol. The van der Waals surface area contributed by atoms with Crippen LogP contribution in [0.15, 0.2) is 52.9 Å². The lowest BCUT2D eigenvalue weighted by atomic mass is 9.80. The van der Waals surface area contributed by atoms with Crippen LogP contribution in [0.25, 0.3) is 6.08 Å². The molecule has 0 bridgehead atoms. The number of allylic oxidation sites excluding steroid dienone is 2. The smallest absolute Gasteiger partial charge is 0.336 e. The minimum Gasteiger partial charge on any atom is -0.463 e. The lowest BCUT2D eigenvalue weighted by Crippen LogP contribution is -2.32. The molecule has 33 heavy (non-hydrogen) atoms. The molecule has 0 radical (unpaired) electrons. The SMILES string of the molecule is CCOC(=O)C1=C(C)NC(C)=C(C(=O)OCC)C1c1ccc(/C=C\C(=O)OC(C)(C)C)cc1. The second-order valence-corrected chi connectivity index (χ2v) is 8.61. The summed E-state index contributed by atoms with van der Waals surface area (Å²) in [6.45, 7) is 12.9. The zero-order valence-electron chi connectivity index (χ0n) is 20.4. The van der Waals surface area contributed by atoms with Crippen molar-refractivity contribution in [2.24, 2.45) is 0 Å². The van der Waals surface area contributed by atoms with E-state index < -0.39 is 29.4 Å². The Balaban J connectivity index is 2.44. The quantitative estimate of drug-likeness (QED) is 0.370. The Morgan fingerprint density at radius 2 is 1.39 bits per heavy atom. The second-order valence-electron chi connectivity index (χ2n) is 8.61. The third-order valence-corrected chi connectivity index (χ3v) is 4.84. The van der Waals surface area contributed by atoms with Crippen molar-refractivity contribution in [2.75, 3.05) is 13.2 Å². The molecule has 0 saturated heterocycles. The second kappa shape index (κ2) is 11.0. The van der Waals surface area contributed by atoms with E-state index in [2.05, 4.69) is 5.32 Å². The highest BCUT2D eigenvalue weighted by Gasteiger charge is 2.37. The van der Waals surface area contributed by atoms with Crippen molar-refractivity contribution in [3.05, 3.63) is 64.0 Å². The highest BCUT2D eigenvalue weighted by Crippen LogP contribution is 2.39. The van der Waals surface area contributed by atoms with E-state index in [1.807, 2.05) is 24.3 Å². The first-order valence-electron chi connectivity index (χ1n) is 11.0. The summed E-state index contributed by atoms with van der Waals surface area (Å²) in [7, 11) is 0. The van der Waals surface area contributed by atoms with Gasteiger partial charge in [-0.3, -0.25) is 0 Å². The molecule has 0 saturated carbocycles. The summed E-state index contributed by atoms with van der Waals surface area (Å²) in [4.78, 5) is 37.6. The van der Waals surface area contributed by atoms with E-state index in [0.29, 0.717) is 22.5 Å². The van der Waals surface area contributed by atoms with Gasteiger partial charge in [-0.05, 0) is 65.7 Å². The summed E-state index contributed by atoms with van der Waals surface area (Å²) >= 11 is 0. The lowest BCUT2D eigenvalue weighted by Gasteiger charge is -2.30. The van der Waals surface area contributed by atoms with Crippen LogP contribution >= 0.6 is 0 Å². The van der Waals surface area contributed by atoms with Crippen molar-refractivity contribution < 1.29 is 28.6 Å². The molecule has 7 heteroatoms. The van der Waals surface area contributed by atoms with Crippen molar-refractivity contribution in [1.82, 2.24) is 5.32 Å². The number of hydrogen-bond donors (Lipinski definition) is 1. The number of benzene rings is 1. The van der Waals surface area contributed by atoms with Crippen LogP contribution in [0.1, 0.15) is 65.5 Å². The Bertz CT molecular complexity index is 953. The fourth-order valence-corrected chi connectivity index (χ4v) is 3.59. The van der Waals surface area contributed by atoms with Gasteiger partial charge in [-0.2, -0.15) is 0 Å². The zero-order valence-corrected chi connectivity index (χ0v) is 20.4. The minimum absolute atomic E-state index is 0.216. The topological polar surface area (TPSA) is 90.9 Å². The number of esters is 3. The minimum atomic E-state index is -0.645. The lowest BCUT2D eigenvalue weighted by molar-refractivity contribution is -0.148. The summed E-state index contributed by atoms with van der Waals surface area (Å²) < 4.78 is 15.8. The number of carbonyl (C=O) groups excluding carboxylic acids is 3. The van der Waals surface area contributed by atoms with Crippen LogP contribution in [0.4, 0.5) is 0 Å². The van der Waals surface area contributed by atoms with E-state index in [-0.39, 0.29) is 13.2 Å². The fraction of sp³-hybridized carbons (Fsp3) is 0.423. The summed E-state index contributed by atoms with van der Waals surface area (Å²) in [6, 6.07) is 7.27. The van der Waals surface area contributed by atoms with Gasteiger partial charge < -0.3 is 19.5 Å². The average Bonchev–Trinajstić information content (AvgIpc) is 2.71. The summed E-state index contributed by atoms with van der Waals surface area (Å²) in [5.41, 5.74) is 2.91. The van der Waals surface area contributed by atoms with Gasteiger partial charge in [-0.15, -0.1) is 0 Å². The monoisotopic (exact) mass is 455 g/mol. The molecule has 178 valence electrons. The van der Waals surface area contributed by atoms with E-state index >= 15 is 0 Å². The van der Waals surface area contributed by atoms with Crippen molar-refractivity contribution in [1.29, 1.82) is 0 Å². The summed E-state index contributed by atoms with van der Waals surface area (Å²) in [6.07, 6.45) is 3.02. The van der Waals surface area contributed by atoms with Crippen LogP contribution in [-0.4, -0.2) is 36.7 Å². The number of dihydropyridines is 1. The summed E-state index contributed by atoms with van der Waals surface area (Å²) in [5.74, 6) is -2.06. The molecule has 0 spiro atoms. The van der Waals surface area contributed by atoms with Crippen LogP contribution in [-0.2, 0) is 28.6 Å². The van der Waals surface area contributed by atoms with Gasteiger partial charge in [0.2, 0.25) is 0 Å². The molecule has 7 nitrogen and oxygen atoms in total. The number of nitrogens with one attached hydrogen (secondary N) is 1. The molecule has 1 heterocycles. The van der Waals surface area contributed by atoms with Crippen LogP contribution in [0.5, 0.6) is 0 Å². The maximum Gasteiger partial charge on any atom is 0.336 e. The van der Waals surface area contributed by atoms with Crippen LogP contribution < -0.4 is 5.32 Å². The van der Waals surface area contributed by atoms with E-state index in [0.717, 1.165) is 11.1 Å². The van der Waals surface area contributed by atoms with Gasteiger partial charge in [0.1, 0.15) is 5.60 Å². The molecule has 1 N–H and O–H groups in total. The normalized spacial score (nSPS) is 14.9. The van der Waals surface area contributed by atoms with Gasteiger partial charge in [0.25, 0.3) is 0 Å². The molecule has 0 aliphatic carbocycles. The van der Waals surface area contributed by atoms with Crippen LogP contribution in [0.2, 0.25) is 0 Å². The van der Waals surface area contributed by atoms with Gasteiger partial charge in [0.05, 0.1) is 30.3 Å². The van der Waals surface area contributed by atoms with Crippen molar-refractivity contribution >= 4 is 24.0 Å². The Kier molecular flexibility index (Phi) is 8.63. The Labute approximate surface area is 195 Å². The molecule has 2 rings (SSSR count). The molecule has 1 aliphatic rings. The van der Waals surface area contributed by atoms with Crippen molar-refractivity contribution in [3.63, 3.8) is 0 Å². The highest BCUT2D eigenvalue weighted by atomic mass is 16.6. The van der Waals surface area contributed by atoms with E-state index in [4.69, 9.17) is 14.2 Å². The van der Waals surface area contributed by atoms with Gasteiger partial charge >= 0.3 is 17.9 Å². The molecular weight excluding hydrogens is 422 g/mol. The molecule has 1 aromatic carbocycles. The fourth-order valence-electron chi connectivity index (χ4n) is 3.59. The molecule has 0 atom stereocenters. The Morgan fingerprint density at radius 3 is 1.82 bits per heavy atom. The van der Waals surface area contributed by atoms with Gasteiger partial charge in [-0.1, -0.05) is 24.3 Å². The standard InChI is InChI=1S/C26H33NO6/c1-8-31-24(29)21-16(3)27-17(4)22(25(30)32-9-2)23(21)19-13-10-18(11-14-19)12-15-20(28)33-26(5,6)7/h10-15,23,27H,8-9H2,1-7H3/b15-12-. The third kappa shape index (κ3) is 6.81. The van der Waals surface area contributed by atoms with Gasteiger partial charge in [0.15, 0.2) is 0 Å². The molecular formula is C26H33NO6. The number of hydrogen-bond acceptors (Lipinski definition) is 7. The third-order valence-electron chi connectivity index (χ3n) is 4.84. The van der Waals surface area contributed by atoms with Crippen molar-refractivity contribution in [2.45, 2.75) is 60.0 Å². The number of rotatable bonds is 7. The largest absolute Gasteiger partial charge is 0.463 e. The van der Waals surface area contributed by atoms with Gasteiger partial charge in [0, 0.05) is 17.5 Å². The molecule has 1 aromatic rings. The molecule has 0 amide bonds. The van der Waals surface area contributed by atoms with E-state index in [1.54, 1.807) is 54.5 Å². The van der Waals surface area contributed by atoms with Crippen LogP contribution in [0.3, 0.4) is 0 Å². The van der Waals surface area contributed by atoms with E-state index in [9.17, 15) is 14.4 Å². The zero-order chi connectivity index (χ0) is 24.8. The van der Waals surface area contributed by atoms with Crippen LogP contribution in [0, 0.1) is 0 Å². The number of carbonyl (C=O) groups is 3. The first-order valence-corrected chi connectivity index (χ1v) is 11.0. The maximum absolute atomic E-state index is 12.8. The Hall–Kier alpha value is -3.35. The highest BCUT2D eigenvalue weighted by molar-refractivity contribution is 6.00. The van der Waals surface area contributed by atoms with Gasteiger partial charge in [-0.25, -0.2) is 14.4 Å². The predicted molar refractivity (Wildman–Crippen MR) is 126 cm³/mol. The van der Waals surface area contributed by atoms with E-state index in [1.165, 1.54) is 6.08 Å².